The van der Waals surface area contributed by atoms with Gasteiger partial charge in [-0.3, -0.25) is 4.79 Å². The summed E-state index contributed by atoms with van der Waals surface area (Å²) in [6, 6.07) is 11.6. The number of carbonyl (C=O) groups excluding carboxylic acids is 1. The number of hydrogen-bond acceptors (Lipinski definition) is 5. The Labute approximate surface area is 187 Å². The number of aryl methyl sites for hydroxylation is 1. The van der Waals surface area contributed by atoms with Crippen LogP contribution in [0, 0.1) is 5.92 Å². The lowest BCUT2D eigenvalue weighted by Crippen LogP contribution is -2.23. The molecule has 1 aliphatic rings. The van der Waals surface area contributed by atoms with Crippen LogP contribution in [0.25, 0.3) is 0 Å². The van der Waals surface area contributed by atoms with Gasteiger partial charge in [0.25, 0.3) is 5.91 Å². The van der Waals surface area contributed by atoms with Crippen molar-refractivity contribution in [2.75, 3.05) is 6.61 Å². The number of amides is 1. The Morgan fingerprint density at radius 1 is 1.23 bits per heavy atom. The van der Waals surface area contributed by atoms with Crippen LogP contribution in [0.4, 0.5) is 5.00 Å². The molecule has 1 aromatic carbocycles. The number of nitrogens with one attached hydrogen (secondary N) is 1. The van der Waals surface area contributed by atoms with E-state index >= 15 is 0 Å². The van der Waals surface area contributed by atoms with Crippen molar-refractivity contribution in [3.63, 3.8) is 0 Å². The van der Waals surface area contributed by atoms with Crippen molar-refractivity contribution in [1.29, 1.82) is 0 Å². The SMILES string of the molecule is CC(C)COc1ccc(C=Nc2sc3c(c2C(=O)NCc2ccco2)CCCC3)cc1. The normalized spacial score (nSPS) is 13.5. The summed E-state index contributed by atoms with van der Waals surface area (Å²) < 4.78 is 11.1. The molecular formula is C25H28N2O3S. The second kappa shape index (κ2) is 9.96. The minimum Gasteiger partial charge on any atom is -0.493 e. The fourth-order valence-corrected chi connectivity index (χ4v) is 4.82. The second-order valence-electron chi connectivity index (χ2n) is 8.19. The topological polar surface area (TPSA) is 63.8 Å². The summed E-state index contributed by atoms with van der Waals surface area (Å²) in [5.41, 5.74) is 2.86. The van der Waals surface area contributed by atoms with E-state index < -0.39 is 0 Å². The number of thiophene rings is 1. The van der Waals surface area contributed by atoms with Gasteiger partial charge in [-0.25, -0.2) is 4.99 Å². The molecule has 0 unspecified atom stereocenters. The molecule has 0 spiro atoms. The standard InChI is InChI=1S/C25H28N2O3S/c1-17(2)16-30-19-11-9-18(10-12-19)14-27-25-23(21-7-3-4-8-22(21)31-25)24(28)26-15-20-6-5-13-29-20/h5-6,9-14,17H,3-4,7-8,15-16H2,1-2H3,(H,26,28). The van der Waals surface area contributed by atoms with Crippen molar-refractivity contribution in [2.45, 2.75) is 46.1 Å². The Morgan fingerprint density at radius 2 is 2.03 bits per heavy atom. The zero-order chi connectivity index (χ0) is 21.6. The number of benzene rings is 1. The Hall–Kier alpha value is -2.86. The lowest BCUT2D eigenvalue weighted by atomic mass is 9.95. The minimum absolute atomic E-state index is 0.0830. The van der Waals surface area contributed by atoms with Crippen LogP contribution in [0.1, 0.15) is 58.8 Å². The molecule has 1 N–H and O–H groups in total. The number of hydrogen-bond donors (Lipinski definition) is 1. The van der Waals surface area contributed by atoms with Crippen molar-refractivity contribution in [3.05, 3.63) is 70.0 Å². The van der Waals surface area contributed by atoms with Crippen LogP contribution in [0.5, 0.6) is 5.75 Å². The summed E-state index contributed by atoms with van der Waals surface area (Å²) >= 11 is 1.64. The largest absolute Gasteiger partial charge is 0.493 e. The van der Waals surface area contributed by atoms with Crippen molar-refractivity contribution >= 4 is 28.5 Å². The van der Waals surface area contributed by atoms with Gasteiger partial charge in [-0.1, -0.05) is 13.8 Å². The lowest BCUT2D eigenvalue weighted by molar-refractivity contribution is 0.0948. The quantitative estimate of drug-likeness (QED) is 0.445. The highest BCUT2D eigenvalue weighted by molar-refractivity contribution is 7.16. The molecule has 0 saturated carbocycles. The van der Waals surface area contributed by atoms with Crippen molar-refractivity contribution in [3.8, 4) is 5.75 Å². The molecule has 0 saturated heterocycles. The minimum atomic E-state index is -0.0830. The number of fused-ring (bicyclic) bond motifs is 1. The van der Waals surface area contributed by atoms with Gasteiger partial charge in [-0.15, -0.1) is 11.3 Å². The van der Waals surface area contributed by atoms with E-state index in [0.717, 1.165) is 52.5 Å². The van der Waals surface area contributed by atoms with Gasteiger partial charge in [0.05, 0.1) is 25.0 Å². The van der Waals surface area contributed by atoms with E-state index in [9.17, 15) is 4.79 Å². The first kappa shape index (κ1) is 21.4. The zero-order valence-electron chi connectivity index (χ0n) is 18.0. The summed E-state index contributed by atoms with van der Waals surface area (Å²) in [6.45, 7) is 5.33. The fraction of sp³-hybridized carbons (Fsp3) is 0.360. The van der Waals surface area contributed by atoms with E-state index in [4.69, 9.17) is 14.1 Å². The van der Waals surface area contributed by atoms with E-state index in [0.29, 0.717) is 19.1 Å². The van der Waals surface area contributed by atoms with Gasteiger partial charge in [-0.2, -0.15) is 0 Å². The van der Waals surface area contributed by atoms with Gasteiger partial charge in [-0.05, 0) is 79.1 Å². The van der Waals surface area contributed by atoms with Crippen molar-refractivity contribution in [1.82, 2.24) is 5.32 Å². The molecule has 0 radical (unpaired) electrons. The lowest BCUT2D eigenvalue weighted by Gasteiger charge is -2.12. The van der Waals surface area contributed by atoms with Crippen molar-refractivity contribution < 1.29 is 13.9 Å². The Balaban J connectivity index is 1.52. The average Bonchev–Trinajstić information content (AvgIpc) is 3.43. The third-order valence-corrected chi connectivity index (χ3v) is 6.38. The zero-order valence-corrected chi connectivity index (χ0v) is 18.8. The van der Waals surface area contributed by atoms with E-state index in [2.05, 4.69) is 19.2 Å². The Bertz CT molecular complexity index is 1030. The number of aliphatic imine (C=N–C) groups is 1. The molecule has 0 fully saturated rings. The summed E-state index contributed by atoms with van der Waals surface area (Å²) in [5.74, 6) is 2.00. The number of rotatable bonds is 8. The maximum Gasteiger partial charge on any atom is 0.255 e. The molecule has 1 amide bonds. The van der Waals surface area contributed by atoms with Crippen molar-refractivity contribution in [2.24, 2.45) is 10.9 Å². The molecule has 0 atom stereocenters. The highest BCUT2D eigenvalue weighted by Crippen LogP contribution is 2.39. The van der Waals surface area contributed by atoms with E-state index in [1.54, 1.807) is 17.6 Å². The molecule has 6 heteroatoms. The number of nitrogens with zero attached hydrogens (tertiary/aromatic N) is 1. The highest BCUT2D eigenvalue weighted by atomic mass is 32.1. The Morgan fingerprint density at radius 3 is 2.77 bits per heavy atom. The van der Waals surface area contributed by atoms with E-state index in [1.165, 1.54) is 11.3 Å². The van der Waals surface area contributed by atoms with Crippen LogP contribution in [-0.4, -0.2) is 18.7 Å². The van der Waals surface area contributed by atoms with Gasteiger partial charge in [0.1, 0.15) is 16.5 Å². The van der Waals surface area contributed by atoms with Crippen LogP contribution >= 0.6 is 11.3 Å². The summed E-state index contributed by atoms with van der Waals surface area (Å²) in [7, 11) is 0. The first-order chi connectivity index (χ1) is 15.1. The van der Waals surface area contributed by atoms with Crippen LogP contribution in [0.15, 0.2) is 52.1 Å². The predicted molar refractivity (Wildman–Crippen MR) is 125 cm³/mol. The maximum absolute atomic E-state index is 13.0. The predicted octanol–water partition coefficient (Wildman–Crippen LogP) is 5.94. The molecule has 162 valence electrons. The van der Waals surface area contributed by atoms with Gasteiger partial charge >= 0.3 is 0 Å². The number of carbonyl (C=O) groups is 1. The fourth-order valence-electron chi connectivity index (χ4n) is 3.59. The molecule has 5 nitrogen and oxygen atoms in total. The summed E-state index contributed by atoms with van der Waals surface area (Å²) in [6.07, 6.45) is 7.68. The van der Waals surface area contributed by atoms with Gasteiger partial charge in [0, 0.05) is 11.1 Å². The van der Waals surface area contributed by atoms with Crippen LogP contribution in [-0.2, 0) is 19.4 Å². The molecular weight excluding hydrogens is 408 g/mol. The molecule has 31 heavy (non-hydrogen) atoms. The van der Waals surface area contributed by atoms with Gasteiger partial charge < -0.3 is 14.5 Å². The maximum atomic E-state index is 13.0. The molecule has 2 aromatic heterocycles. The van der Waals surface area contributed by atoms with Crippen LogP contribution in [0.3, 0.4) is 0 Å². The summed E-state index contributed by atoms with van der Waals surface area (Å²) in [5, 5.41) is 3.77. The Kier molecular flexibility index (Phi) is 6.87. The van der Waals surface area contributed by atoms with Crippen LogP contribution < -0.4 is 10.1 Å². The monoisotopic (exact) mass is 436 g/mol. The van der Waals surface area contributed by atoms with E-state index in [1.807, 2.05) is 42.6 Å². The van der Waals surface area contributed by atoms with Crippen LogP contribution in [0.2, 0.25) is 0 Å². The number of ether oxygens (including phenoxy) is 1. The first-order valence-corrected chi connectivity index (χ1v) is 11.6. The third kappa shape index (κ3) is 5.44. The molecule has 1 aliphatic carbocycles. The molecule has 0 bridgehead atoms. The first-order valence-electron chi connectivity index (χ1n) is 10.8. The van der Waals surface area contributed by atoms with E-state index in [-0.39, 0.29) is 5.91 Å². The third-order valence-electron chi connectivity index (χ3n) is 5.18. The average molecular weight is 437 g/mol. The summed E-state index contributed by atoms with van der Waals surface area (Å²) in [4.78, 5) is 19.1. The highest BCUT2D eigenvalue weighted by Gasteiger charge is 2.25. The molecule has 2 heterocycles. The molecule has 3 aromatic rings. The van der Waals surface area contributed by atoms with Gasteiger partial charge in [0.15, 0.2) is 0 Å². The number of furan rings is 1. The molecule has 0 aliphatic heterocycles. The molecule has 4 rings (SSSR count). The smallest absolute Gasteiger partial charge is 0.255 e. The second-order valence-corrected chi connectivity index (χ2v) is 9.27. The van der Waals surface area contributed by atoms with Gasteiger partial charge in [0.2, 0.25) is 0 Å².